The molecule has 8 heteroatoms. The third kappa shape index (κ3) is 5.61. The highest BCUT2D eigenvalue weighted by Crippen LogP contribution is 2.40. The molecule has 31 heavy (non-hydrogen) atoms. The van der Waals surface area contributed by atoms with Crippen LogP contribution < -0.4 is 5.73 Å². The zero-order valence-electron chi connectivity index (χ0n) is 17.5. The molecule has 166 valence electrons. The molecule has 3 rings (SSSR count). The summed E-state index contributed by atoms with van der Waals surface area (Å²) in [7, 11) is 0. The van der Waals surface area contributed by atoms with Crippen LogP contribution in [0.1, 0.15) is 37.5 Å². The molecule has 0 atom stereocenters. The SMILES string of the molecule is CC(C)(C)Cn1cc(CN)c2ccc(-c3c(C#N)cccc3C(F)(F)F)cc21.FCF. The second-order valence-corrected chi connectivity index (χ2v) is 8.22. The highest BCUT2D eigenvalue weighted by atomic mass is 19.4. The van der Waals surface area contributed by atoms with Crippen LogP contribution in [0.5, 0.6) is 0 Å². The summed E-state index contributed by atoms with van der Waals surface area (Å²) in [5.74, 6) is 0. The Hall–Kier alpha value is -2.92. The second kappa shape index (κ2) is 9.48. The molecule has 0 amide bonds. The number of fused-ring (bicyclic) bond motifs is 1. The first-order valence-corrected chi connectivity index (χ1v) is 9.51. The number of benzene rings is 2. The van der Waals surface area contributed by atoms with Crippen molar-refractivity contribution in [2.75, 3.05) is 6.93 Å². The van der Waals surface area contributed by atoms with Gasteiger partial charge in [-0.05, 0) is 34.7 Å². The van der Waals surface area contributed by atoms with Crippen LogP contribution >= 0.6 is 0 Å². The van der Waals surface area contributed by atoms with Gasteiger partial charge in [0.25, 0.3) is 0 Å². The van der Waals surface area contributed by atoms with Crippen molar-refractivity contribution in [1.82, 2.24) is 4.57 Å². The van der Waals surface area contributed by atoms with Gasteiger partial charge < -0.3 is 10.3 Å². The van der Waals surface area contributed by atoms with Crippen molar-refractivity contribution in [1.29, 1.82) is 5.26 Å². The Morgan fingerprint density at radius 3 is 2.23 bits per heavy atom. The standard InChI is InChI=1S/C22H22F3N3.CH2F2/c1-21(2,3)13-28-12-16(11-27)17-8-7-14(9-19(17)28)20-15(10-26)5-4-6-18(20)22(23,24)25;2-1-3/h4-9,12H,11,13,27H2,1-3H3;1H2. The van der Waals surface area contributed by atoms with Gasteiger partial charge in [-0.25, -0.2) is 8.78 Å². The van der Waals surface area contributed by atoms with E-state index in [1.165, 1.54) is 12.1 Å². The number of hydrogen-bond donors (Lipinski definition) is 1. The van der Waals surface area contributed by atoms with Gasteiger partial charge in [0.05, 0.1) is 17.2 Å². The van der Waals surface area contributed by atoms with Gasteiger partial charge in [0.15, 0.2) is 0 Å². The molecule has 0 unspecified atom stereocenters. The minimum Gasteiger partial charge on any atom is -0.347 e. The fourth-order valence-corrected chi connectivity index (χ4v) is 3.52. The molecule has 2 aromatic carbocycles. The number of nitrogens with two attached hydrogens (primary N) is 1. The quantitative estimate of drug-likeness (QED) is 0.470. The van der Waals surface area contributed by atoms with E-state index in [-0.39, 0.29) is 16.5 Å². The minimum atomic E-state index is -4.55. The summed E-state index contributed by atoms with van der Waals surface area (Å²) in [5.41, 5.74) is 7.08. The Morgan fingerprint density at radius 1 is 1.06 bits per heavy atom. The fourth-order valence-electron chi connectivity index (χ4n) is 3.52. The Balaban J connectivity index is 0.00000107. The van der Waals surface area contributed by atoms with Crippen LogP contribution in [0.15, 0.2) is 42.6 Å². The van der Waals surface area contributed by atoms with Gasteiger partial charge in [-0.3, -0.25) is 0 Å². The van der Waals surface area contributed by atoms with E-state index in [9.17, 15) is 27.2 Å². The molecule has 1 heterocycles. The first-order valence-electron chi connectivity index (χ1n) is 9.51. The monoisotopic (exact) mass is 437 g/mol. The summed E-state index contributed by atoms with van der Waals surface area (Å²) in [6.07, 6.45) is -2.59. The van der Waals surface area contributed by atoms with Gasteiger partial charge in [0.2, 0.25) is 6.93 Å². The lowest BCUT2D eigenvalue weighted by atomic mass is 9.93. The maximum absolute atomic E-state index is 13.6. The van der Waals surface area contributed by atoms with Gasteiger partial charge >= 0.3 is 6.18 Å². The van der Waals surface area contributed by atoms with Crippen LogP contribution in [0.25, 0.3) is 22.0 Å². The molecule has 3 aromatic rings. The molecule has 0 saturated carbocycles. The summed E-state index contributed by atoms with van der Waals surface area (Å²) in [5, 5.41) is 10.3. The number of aromatic nitrogens is 1. The summed E-state index contributed by atoms with van der Waals surface area (Å²) in [6, 6.07) is 10.7. The van der Waals surface area contributed by atoms with E-state index >= 15 is 0 Å². The number of hydrogen-bond acceptors (Lipinski definition) is 2. The van der Waals surface area contributed by atoms with Crippen LogP contribution in [-0.2, 0) is 19.3 Å². The van der Waals surface area contributed by atoms with E-state index < -0.39 is 18.7 Å². The van der Waals surface area contributed by atoms with Crippen molar-refractivity contribution >= 4 is 10.9 Å². The van der Waals surface area contributed by atoms with Crippen molar-refractivity contribution in [2.24, 2.45) is 11.1 Å². The molecule has 0 fully saturated rings. The number of nitrogens with zero attached hydrogens (tertiary/aromatic N) is 2. The number of halogens is 5. The molecule has 1 aromatic heterocycles. The summed E-state index contributed by atoms with van der Waals surface area (Å²) in [6.45, 7) is 5.57. The smallest absolute Gasteiger partial charge is 0.347 e. The Bertz CT molecular complexity index is 1090. The zero-order chi connectivity index (χ0) is 23.4. The average Bonchev–Trinajstić information content (AvgIpc) is 3.02. The molecule has 0 aliphatic rings. The first kappa shape index (κ1) is 24.4. The first-order chi connectivity index (χ1) is 14.5. The molecule has 0 saturated heterocycles. The second-order valence-electron chi connectivity index (χ2n) is 8.22. The van der Waals surface area contributed by atoms with Crippen molar-refractivity contribution in [3.8, 4) is 17.2 Å². The van der Waals surface area contributed by atoms with Gasteiger partial charge in [-0.1, -0.05) is 39.0 Å². The Labute approximate surface area is 177 Å². The van der Waals surface area contributed by atoms with E-state index in [1.54, 1.807) is 18.2 Å². The van der Waals surface area contributed by atoms with E-state index in [4.69, 9.17) is 5.73 Å². The lowest BCUT2D eigenvalue weighted by molar-refractivity contribution is -0.137. The third-order valence-electron chi connectivity index (χ3n) is 4.61. The van der Waals surface area contributed by atoms with Gasteiger partial charge in [0.1, 0.15) is 0 Å². The van der Waals surface area contributed by atoms with Crippen LogP contribution in [-0.4, -0.2) is 11.5 Å². The normalized spacial score (nSPS) is 11.7. The Kier molecular flexibility index (Phi) is 7.45. The number of alkyl halides is 5. The molecule has 0 bridgehead atoms. The summed E-state index contributed by atoms with van der Waals surface area (Å²) < 4.78 is 62.1. The molecule has 0 aliphatic heterocycles. The fraction of sp³-hybridized carbons (Fsp3) is 0.348. The highest BCUT2D eigenvalue weighted by molar-refractivity contribution is 5.90. The van der Waals surface area contributed by atoms with Crippen molar-refractivity contribution < 1.29 is 22.0 Å². The van der Waals surface area contributed by atoms with E-state index in [0.717, 1.165) is 22.5 Å². The summed E-state index contributed by atoms with van der Waals surface area (Å²) in [4.78, 5) is 0. The van der Waals surface area contributed by atoms with Crippen LogP contribution in [0.3, 0.4) is 0 Å². The van der Waals surface area contributed by atoms with E-state index in [2.05, 4.69) is 20.8 Å². The molecular weight excluding hydrogens is 413 g/mol. The van der Waals surface area contributed by atoms with E-state index in [1.807, 2.05) is 16.8 Å². The van der Waals surface area contributed by atoms with Crippen molar-refractivity contribution in [2.45, 2.75) is 40.0 Å². The molecular formula is C23H24F5N3. The average molecular weight is 437 g/mol. The van der Waals surface area contributed by atoms with Crippen LogP contribution in [0.2, 0.25) is 0 Å². The van der Waals surface area contributed by atoms with E-state index in [0.29, 0.717) is 18.7 Å². The predicted molar refractivity (Wildman–Crippen MR) is 112 cm³/mol. The predicted octanol–water partition coefficient (Wildman–Crippen LogP) is 6.59. The minimum absolute atomic E-state index is 0.00199. The molecule has 0 aliphatic carbocycles. The van der Waals surface area contributed by atoms with Gasteiger partial charge in [-0.2, -0.15) is 18.4 Å². The molecule has 2 N–H and O–H groups in total. The zero-order valence-corrected chi connectivity index (χ0v) is 17.5. The lowest BCUT2D eigenvalue weighted by Crippen LogP contribution is -2.14. The number of nitriles is 1. The van der Waals surface area contributed by atoms with Crippen molar-refractivity contribution in [3.05, 3.63) is 59.3 Å². The summed E-state index contributed by atoms with van der Waals surface area (Å²) >= 11 is 0. The maximum atomic E-state index is 13.6. The maximum Gasteiger partial charge on any atom is 0.417 e. The van der Waals surface area contributed by atoms with Gasteiger partial charge in [0, 0.05) is 35.8 Å². The lowest BCUT2D eigenvalue weighted by Gasteiger charge is -2.20. The van der Waals surface area contributed by atoms with Crippen molar-refractivity contribution in [3.63, 3.8) is 0 Å². The molecule has 3 nitrogen and oxygen atoms in total. The Morgan fingerprint density at radius 2 is 1.71 bits per heavy atom. The largest absolute Gasteiger partial charge is 0.417 e. The topological polar surface area (TPSA) is 54.7 Å². The van der Waals surface area contributed by atoms with Crippen LogP contribution in [0, 0.1) is 16.7 Å². The molecule has 0 radical (unpaired) electrons. The molecule has 0 spiro atoms. The van der Waals surface area contributed by atoms with Crippen LogP contribution in [0.4, 0.5) is 22.0 Å². The van der Waals surface area contributed by atoms with Gasteiger partial charge in [-0.15, -0.1) is 0 Å². The number of rotatable bonds is 3. The third-order valence-corrected chi connectivity index (χ3v) is 4.61. The highest BCUT2D eigenvalue weighted by Gasteiger charge is 2.34.